The molecule has 3 rings (SSSR count). The predicted octanol–water partition coefficient (Wildman–Crippen LogP) is 1.90. The highest BCUT2D eigenvalue weighted by molar-refractivity contribution is 7.11. The Morgan fingerprint density at radius 2 is 1.93 bits per heavy atom. The molecule has 1 saturated heterocycles. The van der Waals surface area contributed by atoms with Gasteiger partial charge in [0.1, 0.15) is 6.54 Å². The van der Waals surface area contributed by atoms with E-state index in [0.29, 0.717) is 5.96 Å². The number of anilines is 1. The summed E-state index contributed by atoms with van der Waals surface area (Å²) in [5.74, 6) is 0.752. The molecule has 0 spiro atoms. The zero-order valence-electron chi connectivity index (χ0n) is 17.2. The molecule has 2 N–H and O–H groups in total. The van der Waals surface area contributed by atoms with Gasteiger partial charge in [-0.25, -0.2) is 9.98 Å². The van der Waals surface area contributed by atoms with E-state index in [0.717, 1.165) is 50.7 Å². The lowest BCUT2D eigenvalue weighted by Crippen LogP contribution is -2.49. The molecule has 1 aliphatic heterocycles. The van der Waals surface area contributed by atoms with Crippen molar-refractivity contribution in [2.24, 2.45) is 4.99 Å². The number of nitrogens with one attached hydrogen (secondary N) is 2. The van der Waals surface area contributed by atoms with Gasteiger partial charge in [0.05, 0.1) is 5.01 Å². The summed E-state index contributed by atoms with van der Waals surface area (Å²) < 4.78 is 0. The number of carbonyl (C=O) groups is 1. The molecule has 1 aromatic carbocycles. The number of thiazole rings is 1. The van der Waals surface area contributed by atoms with Crippen LogP contribution < -0.4 is 15.5 Å². The van der Waals surface area contributed by atoms with Crippen molar-refractivity contribution in [1.82, 2.24) is 20.5 Å². The van der Waals surface area contributed by atoms with E-state index in [1.54, 1.807) is 11.3 Å². The van der Waals surface area contributed by atoms with Gasteiger partial charge in [0.15, 0.2) is 5.96 Å². The number of benzene rings is 1. The minimum Gasteiger partial charge on any atom is -0.368 e. The molecule has 1 fully saturated rings. The second-order valence-corrected chi connectivity index (χ2v) is 8.26. The van der Waals surface area contributed by atoms with Gasteiger partial charge in [-0.1, -0.05) is 18.2 Å². The first-order valence-electron chi connectivity index (χ1n) is 10.2. The Labute approximate surface area is 176 Å². The van der Waals surface area contributed by atoms with Crippen molar-refractivity contribution in [2.45, 2.75) is 20.3 Å². The smallest absolute Gasteiger partial charge is 0.244 e. The van der Waals surface area contributed by atoms with Crippen LogP contribution in [0, 0.1) is 6.92 Å². The van der Waals surface area contributed by atoms with Gasteiger partial charge in [0.25, 0.3) is 0 Å². The molecule has 0 atom stereocenters. The number of nitrogens with zero attached hydrogens (tertiary/aromatic N) is 4. The highest BCUT2D eigenvalue weighted by Crippen LogP contribution is 2.15. The monoisotopic (exact) mass is 414 g/mol. The maximum Gasteiger partial charge on any atom is 0.244 e. The van der Waals surface area contributed by atoms with Gasteiger partial charge in [0, 0.05) is 62.5 Å². The highest BCUT2D eigenvalue weighted by Gasteiger charge is 2.20. The summed E-state index contributed by atoms with van der Waals surface area (Å²) in [6.45, 7) is 8.91. The number of hydrogen-bond donors (Lipinski definition) is 2. The average molecular weight is 415 g/mol. The molecule has 1 aliphatic rings. The molecule has 1 aromatic heterocycles. The molecule has 7 nitrogen and oxygen atoms in total. The third-order valence-electron chi connectivity index (χ3n) is 4.77. The predicted molar refractivity (Wildman–Crippen MR) is 120 cm³/mol. The molecule has 8 heteroatoms. The summed E-state index contributed by atoms with van der Waals surface area (Å²) >= 11 is 1.71. The van der Waals surface area contributed by atoms with Crippen molar-refractivity contribution in [3.8, 4) is 0 Å². The molecule has 2 aromatic rings. The van der Waals surface area contributed by atoms with E-state index < -0.39 is 0 Å². The number of carbonyl (C=O) groups excluding carboxylic acids is 1. The van der Waals surface area contributed by atoms with Crippen LogP contribution in [-0.4, -0.2) is 67.6 Å². The van der Waals surface area contributed by atoms with Crippen LogP contribution in [0.4, 0.5) is 5.69 Å². The van der Waals surface area contributed by atoms with Crippen molar-refractivity contribution in [1.29, 1.82) is 0 Å². The van der Waals surface area contributed by atoms with Crippen LogP contribution in [-0.2, 0) is 11.2 Å². The van der Waals surface area contributed by atoms with Gasteiger partial charge < -0.3 is 20.4 Å². The Morgan fingerprint density at radius 1 is 1.17 bits per heavy atom. The maximum atomic E-state index is 12.6. The quantitative estimate of drug-likeness (QED) is 0.535. The summed E-state index contributed by atoms with van der Waals surface area (Å²) in [6.07, 6.45) is 2.74. The zero-order chi connectivity index (χ0) is 20.5. The highest BCUT2D eigenvalue weighted by atomic mass is 32.1. The van der Waals surface area contributed by atoms with Crippen LogP contribution in [0.25, 0.3) is 0 Å². The molecular weight excluding hydrogens is 384 g/mol. The third-order valence-corrected chi connectivity index (χ3v) is 5.74. The summed E-state index contributed by atoms with van der Waals surface area (Å²) in [5.41, 5.74) is 1.21. The standard InChI is InChI=1S/C21H30N6OS/c1-3-22-21(23-10-9-19-24-15-17(2)29-19)25-16-20(28)27-13-11-26(12-14-27)18-7-5-4-6-8-18/h4-8,15H,3,9-14,16H2,1-2H3,(H2,22,23,25). The first-order valence-corrected chi connectivity index (χ1v) is 11.0. The van der Waals surface area contributed by atoms with E-state index in [1.807, 2.05) is 36.2 Å². The Hall–Kier alpha value is -2.61. The molecule has 1 amide bonds. The van der Waals surface area contributed by atoms with E-state index in [9.17, 15) is 4.79 Å². The van der Waals surface area contributed by atoms with Gasteiger partial charge in [-0.3, -0.25) is 4.79 Å². The molecule has 0 unspecified atom stereocenters. The van der Waals surface area contributed by atoms with Crippen LogP contribution in [0.1, 0.15) is 16.8 Å². The summed E-state index contributed by atoms with van der Waals surface area (Å²) in [5, 5.41) is 7.61. The number of aliphatic imine (C=N–C) groups is 1. The van der Waals surface area contributed by atoms with Crippen LogP contribution >= 0.6 is 11.3 Å². The lowest BCUT2D eigenvalue weighted by molar-refractivity contribution is -0.129. The van der Waals surface area contributed by atoms with E-state index in [4.69, 9.17) is 0 Å². The fourth-order valence-corrected chi connectivity index (χ4v) is 4.03. The number of amides is 1. The molecule has 156 valence electrons. The zero-order valence-corrected chi connectivity index (χ0v) is 18.0. The SMILES string of the molecule is CCNC(=NCC(=O)N1CCN(c2ccccc2)CC1)NCCc1ncc(C)s1. The van der Waals surface area contributed by atoms with Gasteiger partial charge in [-0.15, -0.1) is 11.3 Å². The van der Waals surface area contributed by atoms with Crippen LogP contribution in [0.15, 0.2) is 41.5 Å². The van der Waals surface area contributed by atoms with Crippen molar-refractivity contribution in [3.05, 3.63) is 46.4 Å². The van der Waals surface area contributed by atoms with Crippen molar-refractivity contribution < 1.29 is 4.79 Å². The second kappa shape index (κ2) is 10.8. The molecule has 0 saturated carbocycles. The maximum absolute atomic E-state index is 12.6. The average Bonchev–Trinajstić information content (AvgIpc) is 3.17. The molecule has 29 heavy (non-hydrogen) atoms. The number of hydrogen-bond acceptors (Lipinski definition) is 5. The van der Waals surface area contributed by atoms with Crippen molar-refractivity contribution >= 4 is 28.9 Å². The molecule has 0 radical (unpaired) electrons. The summed E-state index contributed by atoms with van der Waals surface area (Å²) in [4.78, 5) is 26.9. The Morgan fingerprint density at radius 3 is 2.59 bits per heavy atom. The normalized spacial score (nSPS) is 14.8. The fourth-order valence-electron chi connectivity index (χ4n) is 3.25. The van der Waals surface area contributed by atoms with Crippen LogP contribution in [0.5, 0.6) is 0 Å². The lowest BCUT2D eigenvalue weighted by atomic mass is 10.2. The number of piperazine rings is 1. The first kappa shape index (κ1) is 21.1. The number of guanidine groups is 1. The van der Waals surface area contributed by atoms with Gasteiger partial charge in [-0.05, 0) is 26.0 Å². The van der Waals surface area contributed by atoms with Gasteiger partial charge >= 0.3 is 0 Å². The summed E-state index contributed by atoms with van der Waals surface area (Å²) in [7, 11) is 0. The third kappa shape index (κ3) is 6.45. The summed E-state index contributed by atoms with van der Waals surface area (Å²) in [6, 6.07) is 10.3. The van der Waals surface area contributed by atoms with Crippen molar-refractivity contribution in [3.63, 3.8) is 0 Å². The van der Waals surface area contributed by atoms with E-state index in [1.165, 1.54) is 10.6 Å². The van der Waals surface area contributed by atoms with E-state index >= 15 is 0 Å². The number of aryl methyl sites for hydroxylation is 1. The first-order chi connectivity index (χ1) is 14.2. The van der Waals surface area contributed by atoms with Crippen molar-refractivity contribution in [2.75, 3.05) is 50.7 Å². The van der Waals surface area contributed by atoms with E-state index in [-0.39, 0.29) is 12.5 Å². The topological polar surface area (TPSA) is 72.9 Å². The number of aromatic nitrogens is 1. The van der Waals surface area contributed by atoms with Crippen LogP contribution in [0.3, 0.4) is 0 Å². The van der Waals surface area contributed by atoms with Crippen LogP contribution in [0.2, 0.25) is 0 Å². The molecule has 0 aliphatic carbocycles. The molecule has 2 heterocycles. The fraction of sp³-hybridized carbons (Fsp3) is 0.476. The number of rotatable bonds is 7. The minimum absolute atomic E-state index is 0.0745. The molecular formula is C21H30N6OS. The lowest BCUT2D eigenvalue weighted by Gasteiger charge is -2.36. The Balaban J connectivity index is 1.44. The molecule has 0 bridgehead atoms. The number of para-hydroxylation sites is 1. The second-order valence-electron chi connectivity index (χ2n) is 6.94. The largest absolute Gasteiger partial charge is 0.368 e. The van der Waals surface area contributed by atoms with E-state index in [2.05, 4.69) is 44.6 Å². The minimum atomic E-state index is 0.0745. The Bertz CT molecular complexity index is 799. The van der Waals surface area contributed by atoms with Gasteiger partial charge in [-0.2, -0.15) is 0 Å². The Kier molecular flexibility index (Phi) is 7.86. The van der Waals surface area contributed by atoms with Gasteiger partial charge in [0.2, 0.25) is 5.91 Å².